The Morgan fingerprint density at radius 3 is 2.59 bits per heavy atom. The minimum Gasteiger partial charge on any atom is -0.381 e. The van der Waals surface area contributed by atoms with Gasteiger partial charge in [-0.1, -0.05) is 13.8 Å². The second kappa shape index (κ2) is 6.71. The number of hydrogen-bond acceptors (Lipinski definition) is 4. The molecule has 0 saturated carbocycles. The van der Waals surface area contributed by atoms with E-state index in [9.17, 15) is 8.42 Å². The molecule has 17 heavy (non-hydrogen) atoms. The van der Waals surface area contributed by atoms with E-state index in [4.69, 9.17) is 4.74 Å². The van der Waals surface area contributed by atoms with Crippen molar-refractivity contribution in [3.63, 3.8) is 0 Å². The van der Waals surface area contributed by atoms with Gasteiger partial charge in [-0.05, 0) is 26.3 Å². The minimum atomic E-state index is -2.99. The maximum Gasteiger partial charge on any atom is 0.154 e. The molecule has 0 aliphatic carbocycles. The van der Waals surface area contributed by atoms with Crippen LogP contribution in [0.5, 0.6) is 0 Å². The summed E-state index contributed by atoms with van der Waals surface area (Å²) in [5.41, 5.74) is 0. The van der Waals surface area contributed by atoms with Crippen molar-refractivity contribution in [1.29, 1.82) is 0 Å². The summed E-state index contributed by atoms with van der Waals surface area (Å²) in [6.07, 6.45) is 1.65. The number of sulfone groups is 1. The lowest BCUT2D eigenvalue weighted by atomic mass is 10.0. The molecule has 1 saturated heterocycles. The first-order valence-electron chi connectivity index (χ1n) is 6.54. The van der Waals surface area contributed by atoms with Crippen molar-refractivity contribution in [2.75, 3.05) is 25.5 Å². The Morgan fingerprint density at radius 2 is 2.12 bits per heavy atom. The van der Waals surface area contributed by atoms with E-state index in [0.29, 0.717) is 18.9 Å². The van der Waals surface area contributed by atoms with Crippen LogP contribution in [-0.2, 0) is 14.6 Å². The lowest BCUT2D eigenvalue weighted by molar-refractivity contribution is 0.179. The topological polar surface area (TPSA) is 55.4 Å². The SMILES string of the molecule is CCNC(CS(=O)(=O)C(C)CC)C1CCOC1. The first kappa shape index (κ1) is 14.9. The minimum absolute atomic E-state index is 0.0431. The molecular weight excluding hydrogens is 238 g/mol. The quantitative estimate of drug-likeness (QED) is 0.750. The van der Waals surface area contributed by atoms with Crippen molar-refractivity contribution in [2.45, 2.75) is 44.9 Å². The number of hydrogen-bond donors (Lipinski definition) is 1. The Bertz CT molecular complexity index is 310. The van der Waals surface area contributed by atoms with Crippen molar-refractivity contribution >= 4 is 9.84 Å². The molecule has 1 aliphatic rings. The van der Waals surface area contributed by atoms with Gasteiger partial charge in [0, 0.05) is 18.6 Å². The van der Waals surface area contributed by atoms with Gasteiger partial charge in [-0.15, -0.1) is 0 Å². The van der Waals surface area contributed by atoms with Crippen LogP contribution in [0.1, 0.15) is 33.6 Å². The highest BCUT2D eigenvalue weighted by Gasteiger charge is 2.31. The second-order valence-corrected chi connectivity index (χ2v) is 7.30. The van der Waals surface area contributed by atoms with Gasteiger partial charge in [-0.25, -0.2) is 8.42 Å². The number of nitrogens with one attached hydrogen (secondary N) is 1. The molecule has 0 amide bonds. The standard InChI is InChI=1S/C12H25NO3S/c1-4-10(3)17(14,15)9-12(13-5-2)11-6-7-16-8-11/h10-13H,4-9H2,1-3H3. The fourth-order valence-electron chi connectivity index (χ4n) is 2.16. The molecule has 1 rings (SSSR count). The predicted octanol–water partition coefficient (Wildman–Crippen LogP) is 1.21. The molecule has 0 aromatic carbocycles. The highest BCUT2D eigenvalue weighted by Crippen LogP contribution is 2.20. The molecule has 1 aliphatic heterocycles. The summed E-state index contributed by atoms with van der Waals surface area (Å²) in [4.78, 5) is 0. The van der Waals surface area contributed by atoms with E-state index in [2.05, 4.69) is 5.32 Å². The van der Waals surface area contributed by atoms with Gasteiger partial charge in [-0.2, -0.15) is 0 Å². The molecule has 0 aromatic heterocycles. The molecule has 0 aromatic rings. The lowest BCUT2D eigenvalue weighted by Crippen LogP contribution is -2.43. The Hall–Kier alpha value is -0.130. The Kier molecular flexibility index (Phi) is 5.89. The van der Waals surface area contributed by atoms with Crippen molar-refractivity contribution in [3.05, 3.63) is 0 Å². The van der Waals surface area contributed by atoms with Crippen LogP contribution in [0.4, 0.5) is 0 Å². The third kappa shape index (κ3) is 4.23. The molecule has 1 N–H and O–H groups in total. The van der Waals surface area contributed by atoms with Crippen molar-refractivity contribution in [1.82, 2.24) is 5.32 Å². The third-order valence-electron chi connectivity index (χ3n) is 3.60. The van der Waals surface area contributed by atoms with Crippen molar-refractivity contribution in [2.24, 2.45) is 5.92 Å². The van der Waals surface area contributed by atoms with Gasteiger partial charge in [0.2, 0.25) is 0 Å². The first-order valence-corrected chi connectivity index (χ1v) is 8.25. The summed E-state index contributed by atoms with van der Waals surface area (Å²) in [7, 11) is -2.99. The van der Waals surface area contributed by atoms with E-state index in [1.807, 2.05) is 13.8 Å². The van der Waals surface area contributed by atoms with Gasteiger partial charge in [0.15, 0.2) is 9.84 Å². The molecule has 0 radical (unpaired) electrons. The van der Waals surface area contributed by atoms with Crippen LogP contribution in [-0.4, -0.2) is 45.2 Å². The van der Waals surface area contributed by atoms with Crippen molar-refractivity contribution in [3.8, 4) is 0 Å². The largest absolute Gasteiger partial charge is 0.381 e. The van der Waals surface area contributed by atoms with E-state index in [-0.39, 0.29) is 17.0 Å². The Labute approximate surface area is 105 Å². The molecule has 5 heteroatoms. The maximum absolute atomic E-state index is 12.1. The Balaban J connectivity index is 2.65. The summed E-state index contributed by atoms with van der Waals surface area (Å²) in [6.45, 7) is 7.98. The predicted molar refractivity (Wildman–Crippen MR) is 69.9 cm³/mol. The smallest absolute Gasteiger partial charge is 0.154 e. The fourth-order valence-corrected chi connectivity index (χ4v) is 3.89. The lowest BCUT2D eigenvalue weighted by Gasteiger charge is -2.24. The van der Waals surface area contributed by atoms with Gasteiger partial charge in [0.1, 0.15) is 0 Å². The van der Waals surface area contributed by atoms with Gasteiger partial charge >= 0.3 is 0 Å². The van der Waals surface area contributed by atoms with Crippen LogP contribution in [0.3, 0.4) is 0 Å². The van der Waals surface area contributed by atoms with E-state index < -0.39 is 9.84 Å². The molecule has 1 heterocycles. The summed E-state index contributed by atoms with van der Waals surface area (Å²) in [6, 6.07) is 0.0431. The van der Waals surface area contributed by atoms with Gasteiger partial charge < -0.3 is 10.1 Å². The average Bonchev–Trinajstić information content (AvgIpc) is 2.80. The molecule has 3 unspecified atom stereocenters. The third-order valence-corrected chi connectivity index (χ3v) is 5.98. The molecular formula is C12H25NO3S. The summed E-state index contributed by atoms with van der Waals surface area (Å²) >= 11 is 0. The van der Waals surface area contributed by atoms with Crippen LogP contribution in [0.15, 0.2) is 0 Å². The van der Waals surface area contributed by atoms with E-state index in [1.165, 1.54) is 0 Å². The Morgan fingerprint density at radius 1 is 1.41 bits per heavy atom. The zero-order valence-electron chi connectivity index (χ0n) is 11.1. The summed E-state index contributed by atoms with van der Waals surface area (Å²) in [5, 5.41) is 3.06. The number of rotatable bonds is 7. The zero-order chi connectivity index (χ0) is 12.9. The maximum atomic E-state index is 12.1. The van der Waals surface area contributed by atoms with Crippen LogP contribution in [0, 0.1) is 5.92 Å². The van der Waals surface area contributed by atoms with Crippen molar-refractivity contribution < 1.29 is 13.2 Å². The molecule has 4 nitrogen and oxygen atoms in total. The highest BCUT2D eigenvalue weighted by atomic mass is 32.2. The molecule has 3 atom stereocenters. The summed E-state index contributed by atoms with van der Waals surface area (Å²) < 4.78 is 29.6. The summed E-state index contributed by atoms with van der Waals surface area (Å²) in [5.74, 6) is 0.581. The van der Waals surface area contributed by atoms with Crippen LogP contribution in [0.25, 0.3) is 0 Å². The van der Waals surface area contributed by atoms with Crippen LogP contribution >= 0.6 is 0 Å². The molecule has 0 bridgehead atoms. The van der Waals surface area contributed by atoms with E-state index in [1.54, 1.807) is 6.92 Å². The van der Waals surface area contributed by atoms with E-state index in [0.717, 1.165) is 19.6 Å². The normalized spacial score (nSPS) is 24.8. The molecule has 1 fully saturated rings. The van der Waals surface area contributed by atoms with Gasteiger partial charge in [0.25, 0.3) is 0 Å². The number of ether oxygens (including phenoxy) is 1. The monoisotopic (exact) mass is 263 g/mol. The van der Waals surface area contributed by atoms with Crippen LogP contribution in [0.2, 0.25) is 0 Å². The molecule has 102 valence electrons. The molecule has 0 spiro atoms. The highest BCUT2D eigenvalue weighted by molar-refractivity contribution is 7.92. The van der Waals surface area contributed by atoms with Gasteiger partial charge in [-0.3, -0.25) is 0 Å². The van der Waals surface area contributed by atoms with Crippen LogP contribution < -0.4 is 5.32 Å². The average molecular weight is 263 g/mol. The first-order chi connectivity index (χ1) is 8.01. The zero-order valence-corrected chi connectivity index (χ0v) is 11.9. The van der Waals surface area contributed by atoms with Gasteiger partial charge in [0.05, 0.1) is 17.6 Å². The van der Waals surface area contributed by atoms with E-state index >= 15 is 0 Å². The second-order valence-electron chi connectivity index (χ2n) is 4.84. The fraction of sp³-hybridized carbons (Fsp3) is 1.00.